The van der Waals surface area contributed by atoms with Crippen molar-refractivity contribution in [1.29, 1.82) is 0 Å². The second-order valence-electron chi connectivity index (χ2n) is 5.58. The summed E-state index contributed by atoms with van der Waals surface area (Å²) in [5, 5.41) is 3.42. The molecule has 2 aliphatic rings. The first kappa shape index (κ1) is 16.5. The van der Waals surface area contributed by atoms with Crippen LogP contribution >= 0.6 is 0 Å². The van der Waals surface area contributed by atoms with E-state index in [1.165, 1.54) is 0 Å². The predicted molar refractivity (Wildman–Crippen MR) is 81.8 cm³/mol. The fourth-order valence-corrected chi connectivity index (χ4v) is 2.73. The maximum Gasteiger partial charge on any atom is 0.193 e. The standard InChI is InChI=1S/C14H28N4O3/c1-15-14(16-8-12-9-17(2)4-6-20-12)18-5-7-21-13(10-18)11-19-3/h12-13H,4-11H2,1-3H3,(H,15,16). The summed E-state index contributed by atoms with van der Waals surface area (Å²) in [4.78, 5) is 8.89. The molecule has 0 saturated carbocycles. The van der Waals surface area contributed by atoms with Crippen molar-refractivity contribution < 1.29 is 14.2 Å². The fraction of sp³-hybridized carbons (Fsp3) is 0.929. The first-order chi connectivity index (χ1) is 10.2. The molecular weight excluding hydrogens is 272 g/mol. The van der Waals surface area contributed by atoms with Crippen LogP contribution in [0.25, 0.3) is 0 Å². The molecule has 2 heterocycles. The summed E-state index contributed by atoms with van der Waals surface area (Å²) in [5.41, 5.74) is 0. The molecule has 2 atom stereocenters. The van der Waals surface area contributed by atoms with E-state index in [2.05, 4.69) is 27.2 Å². The third kappa shape index (κ3) is 5.10. The Morgan fingerprint density at radius 1 is 1.24 bits per heavy atom. The highest BCUT2D eigenvalue weighted by atomic mass is 16.5. The van der Waals surface area contributed by atoms with Gasteiger partial charge in [-0.1, -0.05) is 0 Å². The molecule has 0 aromatic heterocycles. The summed E-state index contributed by atoms with van der Waals surface area (Å²) in [6.07, 6.45) is 0.329. The van der Waals surface area contributed by atoms with Gasteiger partial charge < -0.3 is 29.3 Å². The third-order valence-corrected chi connectivity index (χ3v) is 3.83. The average Bonchev–Trinajstić information content (AvgIpc) is 2.49. The number of hydrogen-bond acceptors (Lipinski definition) is 5. The number of methoxy groups -OCH3 is 1. The van der Waals surface area contributed by atoms with Gasteiger partial charge in [0.25, 0.3) is 0 Å². The zero-order valence-electron chi connectivity index (χ0n) is 13.4. The van der Waals surface area contributed by atoms with Crippen LogP contribution in [0.1, 0.15) is 0 Å². The minimum absolute atomic E-state index is 0.111. The molecular formula is C14H28N4O3. The van der Waals surface area contributed by atoms with Crippen LogP contribution in [0.4, 0.5) is 0 Å². The predicted octanol–water partition coefficient (Wildman–Crippen LogP) is -0.760. The molecule has 0 aliphatic carbocycles. The van der Waals surface area contributed by atoms with Gasteiger partial charge in [0.1, 0.15) is 0 Å². The molecule has 2 aliphatic heterocycles. The van der Waals surface area contributed by atoms with Gasteiger partial charge in [-0.2, -0.15) is 0 Å². The van der Waals surface area contributed by atoms with Crippen LogP contribution in [0.5, 0.6) is 0 Å². The molecule has 7 nitrogen and oxygen atoms in total. The molecule has 2 rings (SSSR count). The summed E-state index contributed by atoms with van der Waals surface area (Å²) in [7, 11) is 5.64. The summed E-state index contributed by atoms with van der Waals surface area (Å²) < 4.78 is 16.6. The molecule has 0 radical (unpaired) electrons. The number of nitrogens with one attached hydrogen (secondary N) is 1. The summed E-state index contributed by atoms with van der Waals surface area (Å²) in [6.45, 7) is 6.52. The molecule has 0 aromatic rings. The highest BCUT2D eigenvalue weighted by Gasteiger charge is 2.24. The van der Waals surface area contributed by atoms with Gasteiger partial charge in [-0.05, 0) is 7.05 Å². The van der Waals surface area contributed by atoms with Crippen LogP contribution < -0.4 is 5.32 Å². The number of nitrogens with zero attached hydrogens (tertiary/aromatic N) is 3. The number of guanidine groups is 1. The van der Waals surface area contributed by atoms with E-state index < -0.39 is 0 Å². The number of likely N-dealkylation sites (N-methyl/N-ethyl adjacent to an activating group) is 1. The lowest BCUT2D eigenvalue weighted by Crippen LogP contribution is -2.54. The summed E-state index contributed by atoms with van der Waals surface area (Å²) >= 11 is 0. The Hall–Kier alpha value is -0.890. The minimum Gasteiger partial charge on any atom is -0.382 e. The minimum atomic E-state index is 0.111. The van der Waals surface area contributed by atoms with Crippen LogP contribution in [0.15, 0.2) is 4.99 Å². The molecule has 2 saturated heterocycles. The number of morpholine rings is 2. The summed E-state index contributed by atoms with van der Waals surface area (Å²) in [5.74, 6) is 0.913. The molecule has 2 fully saturated rings. The van der Waals surface area contributed by atoms with Gasteiger partial charge in [0.2, 0.25) is 0 Å². The maximum atomic E-state index is 5.77. The number of rotatable bonds is 4. The van der Waals surface area contributed by atoms with E-state index in [1.54, 1.807) is 7.11 Å². The van der Waals surface area contributed by atoms with Gasteiger partial charge >= 0.3 is 0 Å². The Morgan fingerprint density at radius 2 is 2.00 bits per heavy atom. The van der Waals surface area contributed by atoms with E-state index in [0.717, 1.165) is 45.3 Å². The SMILES string of the molecule is CN=C(NCC1CN(C)CCO1)N1CCOC(COC)C1. The molecule has 1 N–H and O–H groups in total. The van der Waals surface area contributed by atoms with Crippen LogP contribution in [0.3, 0.4) is 0 Å². The smallest absolute Gasteiger partial charge is 0.193 e. The molecule has 122 valence electrons. The number of aliphatic imine (C=N–C) groups is 1. The van der Waals surface area contributed by atoms with Gasteiger partial charge in [-0.25, -0.2) is 0 Å². The van der Waals surface area contributed by atoms with Gasteiger partial charge in [0, 0.05) is 46.9 Å². The van der Waals surface area contributed by atoms with Gasteiger partial charge in [-0.15, -0.1) is 0 Å². The molecule has 0 spiro atoms. The number of hydrogen-bond donors (Lipinski definition) is 1. The van der Waals surface area contributed by atoms with E-state index >= 15 is 0 Å². The van der Waals surface area contributed by atoms with Gasteiger partial charge in [0.05, 0.1) is 32.0 Å². The van der Waals surface area contributed by atoms with Crippen LogP contribution in [0.2, 0.25) is 0 Å². The monoisotopic (exact) mass is 300 g/mol. The van der Waals surface area contributed by atoms with Crippen molar-refractivity contribution in [2.24, 2.45) is 4.99 Å². The molecule has 2 unspecified atom stereocenters. The second kappa shape index (κ2) is 8.53. The number of ether oxygens (including phenoxy) is 3. The average molecular weight is 300 g/mol. The second-order valence-corrected chi connectivity index (χ2v) is 5.58. The highest BCUT2D eigenvalue weighted by molar-refractivity contribution is 5.80. The molecule has 7 heteroatoms. The van der Waals surface area contributed by atoms with Gasteiger partial charge in [-0.3, -0.25) is 4.99 Å². The quantitative estimate of drug-likeness (QED) is 0.544. The zero-order chi connectivity index (χ0) is 15.1. The Morgan fingerprint density at radius 3 is 2.71 bits per heavy atom. The maximum absolute atomic E-state index is 5.77. The van der Waals surface area contributed by atoms with Crippen LogP contribution in [-0.4, -0.2) is 102 Å². The van der Waals surface area contributed by atoms with Crippen molar-refractivity contribution in [2.75, 3.05) is 73.7 Å². The normalized spacial score (nSPS) is 28.7. The zero-order valence-corrected chi connectivity index (χ0v) is 13.4. The molecule has 0 bridgehead atoms. The first-order valence-corrected chi connectivity index (χ1v) is 7.59. The fourth-order valence-electron chi connectivity index (χ4n) is 2.73. The van der Waals surface area contributed by atoms with Crippen molar-refractivity contribution in [2.45, 2.75) is 12.2 Å². The Labute approximate surface area is 127 Å². The van der Waals surface area contributed by atoms with E-state index in [1.807, 2.05) is 7.05 Å². The van der Waals surface area contributed by atoms with Crippen LogP contribution in [0, 0.1) is 0 Å². The van der Waals surface area contributed by atoms with E-state index in [4.69, 9.17) is 14.2 Å². The first-order valence-electron chi connectivity index (χ1n) is 7.59. The van der Waals surface area contributed by atoms with E-state index in [0.29, 0.717) is 13.2 Å². The largest absolute Gasteiger partial charge is 0.382 e. The lowest BCUT2D eigenvalue weighted by Gasteiger charge is -2.36. The molecule has 0 amide bonds. The van der Waals surface area contributed by atoms with Crippen molar-refractivity contribution >= 4 is 5.96 Å². The Bertz CT molecular complexity index is 338. The van der Waals surface area contributed by atoms with Crippen molar-refractivity contribution in [1.82, 2.24) is 15.1 Å². The van der Waals surface area contributed by atoms with Crippen LogP contribution in [-0.2, 0) is 14.2 Å². The van der Waals surface area contributed by atoms with E-state index in [9.17, 15) is 0 Å². The third-order valence-electron chi connectivity index (χ3n) is 3.83. The van der Waals surface area contributed by atoms with Crippen molar-refractivity contribution in [3.63, 3.8) is 0 Å². The molecule has 21 heavy (non-hydrogen) atoms. The molecule has 0 aromatic carbocycles. The van der Waals surface area contributed by atoms with Crippen molar-refractivity contribution in [3.8, 4) is 0 Å². The van der Waals surface area contributed by atoms with Crippen molar-refractivity contribution in [3.05, 3.63) is 0 Å². The summed E-state index contributed by atoms with van der Waals surface area (Å²) in [6, 6.07) is 0. The Kier molecular flexibility index (Phi) is 6.69. The Balaban J connectivity index is 1.79. The lowest BCUT2D eigenvalue weighted by molar-refractivity contribution is -0.0454. The van der Waals surface area contributed by atoms with Gasteiger partial charge in [0.15, 0.2) is 5.96 Å². The topological polar surface area (TPSA) is 58.6 Å². The highest BCUT2D eigenvalue weighted by Crippen LogP contribution is 2.07. The lowest BCUT2D eigenvalue weighted by atomic mass is 10.2. The van der Waals surface area contributed by atoms with E-state index in [-0.39, 0.29) is 12.2 Å².